The van der Waals surface area contributed by atoms with Crippen molar-refractivity contribution in [3.05, 3.63) is 54.6 Å². The molecule has 0 amide bonds. The second-order valence-corrected chi connectivity index (χ2v) is 11.8. The van der Waals surface area contributed by atoms with Gasteiger partial charge in [-0.3, -0.25) is 0 Å². The standard InChI is InChI=1S/C21H27NO5S2/c1-17(2)16-27-18-8-10-21(11-9-18)29(25,26)22-14-12-20(13-15-22)28(23,24)19-6-4-3-5-7-19/h3-11,17,20H,12-16H2,1-2H3. The number of sulfone groups is 1. The highest BCUT2D eigenvalue weighted by Crippen LogP contribution is 2.28. The maximum atomic E-state index is 12.9. The van der Waals surface area contributed by atoms with Crippen LogP contribution in [0.5, 0.6) is 5.75 Å². The first kappa shape index (κ1) is 21.8. The van der Waals surface area contributed by atoms with E-state index in [1.165, 1.54) is 16.4 Å². The van der Waals surface area contributed by atoms with Crippen LogP contribution in [0.4, 0.5) is 0 Å². The highest BCUT2D eigenvalue weighted by Gasteiger charge is 2.35. The van der Waals surface area contributed by atoms with Crippen LogP contribution in [-0.4, -0.2) is 46.1 Å². The first-order valence-electron chi connectivity index (χ1n) is 9.73. The molecule has 0 saturated carbocycles. The van der Waals surface area contributed by atoms with Crippen LogP contribution in [0.15, 0.2) is 64.4 Å². The summed E-state index contributed by atoms with van der Waals surface area (Å²) in [6.07, 6.45) is 0.568. The number of hydrogen-bond donors (Lipinski definition) is 0. The zero-order valence-corrected chi connectivity index (χ0v) is 18.3. The fraction of sp³-hybridized carbons (Fsp3) is 0.429. The van der Waals surface area contributed by atoms with Crippen molar-refractivity contribution in [1.29, 1.82) is 0 Å². The van der Waals surface area contributed by atoms with E-state index in [4.69, 9.17) is 4.74 Å². The van der Waals surface area contributed by atoms with Crippen molar-refractivity contribution < 1.29 is 21.6 Å². The van der Waals surface area contributed by atoms with Gasteiger partial charge in [0.2, 0.25) is 10.0 Å². The zero-order valence-electron chi connectivity index (χ0n) is 16.7. The summed E-state index contributed by atoms with van der Waals surface area (Å²) in [4.78, 5) is 0.483. The molecule has 0 atom stereocenters. The summed E-state index contributed by atoms with van der Waals surface area (Å²) in [5, 5.41) is -0.567. The Morgan fingerprint density at radius 3 is 2.03 bits per heavy atom. The molecule has 2 aromatic carbocycles. The molecule has 0 N–H and O–H groups in total. The van der Waals surface area contributed by atoms with Crippen LogP contribution in [0, 0.1) is 5.92 Å². The Balaban J connectivity index is 1.67. The Hall–Kier alpha value is -1.90. The summed E-state index contributed by atoms with van der Waals surface area (Å²) in [6.45, 7) is 5.02. The summed E-state index contributed by atoms with van der Waals surface area (Å²) in [5.41, 5.74) is 0. The number of ether oxygens (including phenoxy) is 1. The summed E-state index contributed by atoms with van der Waals surface area (Å²) in [7, 11) is -7.11. The van der Waals surface area contributed by atoms with E-state index >= 15 is 0 Å². The number of sulfonamides is 1. The normalized spacial score (nSPS) is 16.8. The summed E-state index contributed by atoms with van der Waals surface area (Å²) >= 11 is 0. The van der Waals surface area contributed by atoms with Crippen LogP contribution in [0.3, 0.4) is 0 Å². The molecule has 3 rings (SSSR count). The molecule has 2 aromatic rings. The molecule has 6 nitrogen and oxygen atoms in total. The van der Waals surface area contributed by atoms with E-state index in [1.54, 1.807) is 42.5 Å². The lowest BCUT2D eigenvalue weighted by molar-refractivity contribution is 0.271. The van der Waals surface area contributed by atoms with Crippen molar-refractivity contribution in [3.8, 4) is 5.75 Å². The van der Waals surface area contributed by atoms with Gasteiger partial charge in [0.05, 0.1) is 21.6 Å². The number of nitrogens with zero attached hydrogens (tertiary/aromatic N) is 1. The first-order valence-corrected chi connectivity index (χ1v) is 12.7. The van der Waals surface area contributed by atoms with Crippen molar-refractivity contribution in [3.63, 3.8) is 0 Å². The van der Waals surface area contributed by atoms with Gasteiger partial charge in [-0.25, -0.2) is 16.8 Å². The monoisotopic (exact) mass is 437 g/mol. The topological polar surface area (TPSA) is 80.8 Å². The summed E-state index contributed by atoms with van der Waals surface area (Å²) < 4.78 is 58.4. The van der Waals surface area contributed by atoms with E-state index < -0.39 is 25.1 Å². The third kappa shape index (κ3) is 4.99. The molecule has 29 heavy (non-hydrogen) atoms. The maximum Gasteiger partial charge on any atom is 0.243 e. The van der Waals surface area contributed by atoms with Crippen LogP contribution >= 0.6 is 0 Å². The minimum atomic E-state index is -3.66. The van der Waals surface area contributed by atoms with Gasteiger partial charge in [0, 0.05) is 13.1 Å². The average Bonchev–Trinajstić information content (AvgIpc) is 2.73. The SMILES string of the molecule is CC(C)COc1ccc(S(=O)(=O)N2CCC(S(=O)(=O)c3ccccc3)CC2)cc1. The van der Waals surface area contributed by atoms with Crippen LogP contribution in [0.25, 0.3) is 0 Å². The molecule has 0 unspecified atom stereocenters. The van der Waals surface area contributed by atoms with Crippen LogP contribution in [0.1, 0.15) is 26.7 Å². The van der Waals surface area contributed by atoms with Crippen LogP contribution < -0.4 is 4.74 Å². The van der Waals surface area contributed by atoms with Gasteiger partial charge in [0.1, 0.15) is 5.75 Å². The molecule has 0 aromatic heterocycles. The average molecular weight is 438 g/mol. The van der Waals surface area contributed by atoms with E-state index in [0.717, 1.165) is 0 Å². The van der Waals surface area contributed by atoms with Gasteiger partial charge < -0.3 is 4.74 Å². The Bertz CT molecular complexity index is 1010. The molecule has 8 heteroatoms. The Labute approximate surface area is 173 Å². The van der Waals surface area contributed by atoms with Crippen molar-refractivity contribution in [2.75, 3.05) is 19.7 Å². The number of benzene rings is 2. The predicted molar refractivity (Wildman–Crippen MR) is 112 cm³/mol. The molecule has 0 bridgehead atoms. The van der Waals surface area contributed by atoms with Gasteiger partial charge in [-0.2, -0.15) is 4.31 Å². The summed E-state index contributed by atoms with van der Waals surface area (Å²) in [6, 6.07) is 14.7. The highest BCUT2D eigenvalue weighted by atomic mass is 32.2. The lowest BCUT2D eigenvalue weighted by Crippen LogP contribution is -2.42. The third-order valence-electron chi connectivity index (χ3n) is 4.96. The minimum absolute atomic E-state index is 0.185. The third-order valence-corrected chi connectivity index (χ3v) is 9.15. The van der Waals surface area contributed by atoms with Crippen LogP contribution in [-0.2, 0) is 19.9 Å². The van der Waals surface area contributed by atoms with Gasteiger partial charge in [0.25, 0.3) is 0 Å². The highest BCUT2D eigenvalue weighted by molar-refractivity contribution is 7.92. The number of rotatable bonds is 7. The van der Waals surface area contributed by atoms with E-state index in [-0.39, 0.29) is 30.8 Å². The van der Waals surface area contributed by atoms with Gasteiger partial charge in [-0.05, 0) is 55.2 Å². The fourth-order valence-corrected chi connectivity index (χ4v) is 6.53. The second kappa shape index (κ2) is 8.85. The van der Waals surface area contributed by atoms with E-state index in [9.17, 15) is 16.8 Å². The molecule has 0 radical (unpaired) electrons. The van der Waals surface area contributed by atoms with Crippen LogP contribution in [0.2, 0.25) is 0 Å². The maximum absolute atomic E-state index is 12.9. The van der Waals surface area contributed by atoms with E-state index in [0.29, 0.717) is 23.2 Å². The fourth-order valence-electron chi connectivity index (χ4n) is 3.31. The molecule has 1 fully saturated rings. The van der Waals surface area contributed by atoms with Gasteiger partial charge in [-0.15, -0.1) is 0 Å². The lowest BCUT2D eigenvalue weighted by atomic mass is 10.2. The molecule has 1 saturated heterocycles. The molecular formula is C21H27NO5S2. The van der Waals surface area contributed by atoms with Crippen molar-refractivity contribution >= 4 is 19.9 Å². The van der Waals surface area contributed by atoms with E-state index in [2.05, 4.69) is 0 Å². The molecule has 0 spiro atoms. The molecule has 158 valence electrons. The predicted octanol–water partition coefficient (Wildman–Crippen LogP) is 3.35. The van der Waals surface area contributed by atoms with Crippen molar-refractivity contribution in [2.24, 2.45) is 5.92 Å². The smallest absolute Gasteiger partial charge is 0.243 e. The Morgan fingerprint density at radius 1 is 0.897 bits per heavy atom. The molecule has 1 heterocycles. The Morgan fingerprint density at radius 2 is 1.48 bits per heavy atom. The van der Waals surface area contributed by atoms with Gasteiger partial charge >= 0.3 is 0 Å². The summed E-state index contributed by atoms with van der Waals surface area (Å²) in [5.74, 6) is 1.01. The van der Waals surface area contributed by atoms with Gasteiger partial charge in [0.15, 0.2) is 9.84 Å². The second-order valence-electron chi connectivity index (χ2n) is 7.64. The van der Waals surface area contributed by atoms with Crippen molar-refractivity contribution in [1.82, 2.24) is 4.31 Å². The molecule has 1 aliphatic rings. The first-order chi connectivity index (χ1) is 13.7. The molecular weight excluding hydrogens is 410 g/mol. The number of hydrogen-bond acceptors (Lipinski definition) is 5. The quantitative estimate of drug-likeness (QED) is 0.664. The zero-order chi connectivity index (χ0) is 21.1. The molecule has 0 aliphatic carbocycles. The van der Waals surface area contributed by atoms with Crippen molar-refractivity contribution in [2.45, 2.75) is 41.7 Å². The Kier molecular flexibility index (Phi) is 6.65. The molecule has 1 aliphatic heterocycles. The largest absolute Gasteiger partial charge is 0.493 e. The lowest BCUT2D eigenvalue weighted by Gasteiger charge is -2.31. The van der Waals surface area contributed by atoms with E-state index in [1.807, 2.05) is 13.8 Å². The van der Waals surface area contributed by atoms with Gasteiger partial charge in [-0.1, -0.05) is 32.0 Å². The number of piperidine rings is 1. The minimum Gasteiger partial charge on any atom is -0.493 e.